The Morgan fingerprint density at radius 1 is 1.42 bits per heavy atom. The first kappa shape index (κ1) is 17.9. The van der Waals surface area contributed by atoms with Crippen LogP contribution >= 0.6 is 11.6 Å². The standard InChI is InChI=1S/C16H15ClF2N2O3/c1-3-21-12(11(17)9-20-21)5-6-13(22)10-4-7-14(24-16(18)19)15(8-10)23-2/h4-9,16H,3H2,1-2H3/b6-5+. The molecule has 0 spiro atoms. The number of nitrogens with zero attached hydrogens (tertiary/aromatic N) is 2. The number of rotatable bonds is 7. The molecule has 0 aliphatic heterocycles. The summed E-state index contributed by atoms with van der Waals surface area (Å²) in [5, 5.41) is 4.50. The van der Waals surface area contributed by atoms with Crippen molar-refractivity contribution in [2.75, 3.05) is 7.11 Å². The molecule has 0 saturated heterocycles. The molecular weight excluding hydrogens is 342 g/mol. The molecule has 0 amide bonds. The number of ether oxygens (including phenoxy) is 2. The molecule has 1 aromatic carbocycles. The number of aryl methyl sites for hydroxylation is 1. The smallest absolute Gasteiger partial charge is 0.387 e. The zero-order valence-corrected chi connectivity index (χ0v) is 13.8. The molecule has 0 unspecified atom stereocenters. The molecule has 1 heterocycles. The topological polar surface area (TPSA) is 53.4 Å². The van der Waals surface area contributed by atoms with Crippen molar-refractivity contribution in [2.45, 2.75) is 20.1 Å². The molecule has 0 aliphatic carbocycles. The van der Waals surface area contributed by atoms with Crippen molar-refractivity contribution < 1.29 is 23.0 Å². The maximum absolute atomic E-state index is 12.3. The first-order valence-electron chi connectivity index (χ1n) is 7.02. The summed E-state index contributed by atoms with van der Waals surface area (Å²) in [6.45, 7) is -0.472. The fraction of sp³-hybridized carbons (Fsp3) is 0.250. The molecule has 0 atom stereocenters. The van der Waals surface area contributed by atoms with Crippen molar-refractivity contribution in [2.24, 2.45) is 0 Å². The maximum Gasteiger partial charge on any atom is 0.387 e. The van der Waals surface area contributed by atoms with Gasteiger partial charge in [0.2, 0.25) is 0 Å². The van der Waals surface area contributed by atoms with E-state index in [1.165, 1.54) is 37.6 Å². The van der Waals surface area contributed by atoms with E-state index in [2.05, 4.69) is 9.84 Å². The molecule has 2 rings (SSSR count). The summed E-state index contributed by atoms with van der Waals surface area (Å²) >= 11 is 6.02. The van der Waals surface area contributed by atoms with Crippen molar-refractivity contribution in [3.05, 3.63) is 46.8 Å². The molecule has 0 aliphatic rings. The van der Waals surface area contributed by atoms with Gasteiger partial charge < -0.3 is 9.47 Å². The number of carbonyl (C=O) groups is 1. The number of alkyl halides is 2. The Labute approximate surface area is 142 Å². The normalized spacial score (nSPS) is 11.2. The molecule has 0 saturated carbocycles. The molecule has 128 valence electrons. The van der Waals surface area contributed by atoms with Gasteiger partial charge in [-0.25, -0.2) is 0 Å². The fourth-order valence-corrected chi connectivity index (χ4v) is 2.26. The lowest BCUT2D eigenvalue weighted by atomic mass is 10.1. The number of hydrogen-bond acceptors (Lipinski definition) is 4. The van der Waals surface area contributed by atoms with E-state index in [1.54, 1.807) is 10.8 Å². The second-order valence-corrected chi connectivity index (χ2v) is 5.04. The monoisotopic (exact) mass is 356 g/mol. The highest BCUT2D eigenvalue weighted by Gasteiger charge is 2.13. The number of aromatic nitrogens is 2. The van der Waals surface area contributed by atoms with Crippen LogP contribution in [0.1, 0.15) is 23.0 Å². The molecule has 0 radical (unpaired) electrons. The molecule has 5 nitrogen and oxygen atoms in total. The van der Waals surface area contributed by atoms with Crippen molar-refractivity contribution >= 4 is 23.5 Å². The van der Waals surface area contributed by atoms with Gasteiger partial charge in [0.05, 0.1) is 24.0 Å². The van der Waals surface area contributed by atoms with Crippen LogP contribution in [0, 0.1) is 0 Å². The van der Waals surface area contributed by atoms with Crippen LogP contribution in [0.2, 0.25) is 5.02 Å². The zero-order valence-electron chi connectivity index (χ0n) is 13.0. The van der Waals surface area contributed by atoms with E-state index in [0.29, 0.717) is 17.3 Å². The van der Waals surface area contributed by atoms with Crippen LogP contribution in [0.3, 0.4) is 0 Å². The predicted molar refractivity (Wildman–Crippen MR) is 85.9 cm³/mol. The minimum Gasteiger partial charge on any atom is -0.493 e. The number of benzene rings is 1. The lowest BCUT2D eigenvalue weighted by Gasteiger charge is -2.10. The summed E-state index contributed by atoms with van der Waals surface area (Å²) in [5.41, 5.74) is 0.875. The van der Waals surface area contributed by atoms with Gasteiger partial charge in [-0.05, 0) is 37.3 Å². The highest BCUT2D eigenvalue weighted by molar-refractivity contribution is 6.31. The summed E-state index contributed by atoms with van der Waals surface area (Å²) in [6, 6.07) is 3.98. The van der Waals surface area contributed by atoms with E-state index in [4.69, 9.17) is 16.3 Å². The average Bonchev–Trinajstić information content (AvgIpc) is 2.92. The van der Waals surface area contributed by atoms with Gasteiger partial charge in [-0.15, -0.1) is 0 Å². The predicted octanol–water partition coefficient (Wildman–Crippen LogP) is 4.06. The van der Waals surface area contributed by atoms with Crippen LogP contribution in [0.15, 0.2) is 30.5 Å². The molecule has 24 heavy (non-hydrogen) atoms. The van der Waals surface area contributed by atoms with Crippen molar-refractivity contribution in [1.82, 2.24) is 9.78 Å². The summed E-state index contributed by atoms with van der Waals surface area (Å²) in [7, 11) is 1.30. The number of hydrogen-bond donors (Lipinski definition) is 0. The molecule has 1 aromatic heterocycles. The Morgan fingerprint density at radius 2 is 2.17 bits per heavy atom. The van der Waals surface area contributed by atoms with E-state index in [-0.39, 0.29) is 22.8 Å². The minimum absolute atomic E-state index is 0.0474. The summed E-state index contributed by atoms with van der Waals surface area (Å²) in [4.78, 5) is 12.2. The third-order valence-corrected chi connectivity index (χ3v) is 3.48. The molecule has 8 heteroatoms. The highest BCUT2D eigenvalue weighted by Crippen LogP contribution is 2.29. The van der Waals surface area contributed by atoms with E-state index < -0.39 is 6.61 Å². The summed E-state index contributed by atoms with van der Waals surface area (Å²) < 4.78 is 35.6. The largest absolute Gasteiger partial charge is 0.493 e. The quantitative estimate of drug-likeness (QED) is 0.554. The van der Waals surface area contributed by atoms with Crippen LogP contribution in [0.25, 0.3) is 6.08 Å². The van der Waals surface area contributed by atoms with E-state index >= 15 is 0 Å². The molecule has 0 fully saturated rings. The van der Waals surface area contributed by atoms with Crippen LogP contribution in [-0.4, -0.2) is 29.3 Å². The summed E-state index contributed by atoms with van der Waals surface area (Å²) in [6.07, 6.45) is 4.38. The van der Waals surface area contributed by atoms with Crippen molar-refractivity contribution in [3.8, 4) is 11.5 Å². The van der Waals surface area contributed by atoms with Gasteiger partial charge in [0.15, 0.2) is 17.3 Å². The number of ketones is 1. The Morgan fingerprint density at radius 3 is 2.79 bits per heavy atom. The van der Waals surface area contributed by atoms with Gasteiger partial charge in [0.1, 0.15) is 0 Å². The highest BCUT2D eigenvalue weighted by atomic mass is 35.5. The van der Waals surface area contributed by atoms with Crippen molar-refractivity contribution in [3.63, 3.8) is 0 Å². The molecule has 0 N–H and O–H groups in total. The third-order valence-electron chi connectivity index (χ3n) is 3.19. The van der Waals surface area contributed by atoms with Gasteiger partial charge >= 0.3 is 6.61 Å². The van der Waals surface area contributed by atoms with Gasteiger partial charge in [-0.2, -0.15) is 13.9 Å². The maximum atomic E-state index is 12.3. The second-order valence-electron chi connectivity index (χ2n) is 4.64. The number of methoxy groups -OCH3 is 1. The SMILES string of the molecule is CCn1ncc(Cl)c1/C=C/C(=O)c1ccc(OC(F)F)c(OC)c1. The average molecular weight is 357 g/mol. The lowest BCUT2D eigenvalue weighted by molar-refractivity contribution is -0.0512. The third kappa shape index (κ3) is 4.11. The second kappa shape index (κ2) is 7.92. The fourth-order valence-electron chi connectivity index (χ4n) is 2.05. The Balaban J connectivity index is 2.23. The molecule has 2 aromatic rings. The van der Waals surface area contributed by atoms with Crippen LogP contribution in [-0.2, 0) is 6.54 Å². The van der Waals surface area contributed by atoms with Gasteiger partial charge in [0.25, 0.3) is 0 Å². The first-order chi connectivity index (χ1) is 11.5. The summed E-state index contributed by atoms with van der Waals surface area (Å²) in [5.74, 6) is -0.428. The lowest BCUT2D eigenvalue weighted by Crippen LogP contribution is -2.04. The number of carbonyl (C=O) groups excluding carboxylic acids is 1. The van der Waals surface area contributed by atoms with Crippen LogP contribution in [0.4, 0.5) is 8.78 Å². The Hall–Kier alpha value is -2.41. The van der Waals surface area contributed by atoms with Crippen LogP contribution < -0.4 is 9.47 Å². The number of halogens is 3. The zero-order chi connectivity index (χ0) is 17.7. The number of allylic oxidation sites excluding steroid dienone is 1. The minimum atomic E-state index is -2.98. The van der Waals surface area contributed by atoms with Crippen molar-refractivity contribution in [1.29, 1.82) is 0 Å². The van der Waals surface area contributed by atoms with E-state index in [1.807, 2.05) is 6.92 Å². The van der Waals surface area contributed by atoms with Gasteiger partial charge in [-0.3, -0.25) is 9.48 Å². The van der Waals surface area contributed by atoms with E-state index in [9.17, 15) is 13.6 Å². The van der Waals surface area contributed by atoms with Gasteiger partial charge in [0, 0.05) is 12.1 Å². The Kier molecular flexibility index (Phi) is 5.92. The Bertz CT molecular complexity index is 760. The van der Waals surface area contributed by atoms with Gasteiger partial charge in [-0.1, -0.05) is 11.6 Å². The first-order valence-corrected chi connectivity index (χ1v) is 7.40. The molecule has 0 bridgehead atoms. The van der Waals surface area contributed by atoms with E-state index in [0.717, 1.165) is 0 Å². The van der Waals surface area contributed by atoms with Crippen LogP contribution in [0.5, 0.6) is 11.5 Å². The molecular formula is C16H15ClF2N2O3.